The molecule has 1 saturated heterocycles. The predicted octanol–water partition coefficient (Wildman–Crippen LogP) is 1.04. The number of aryl methyl sites for hydroxylation is 1. The van der Waals surface area contributed by atoms with E-state index in [1.54, 1.807) is 6.20 Å². The number of carbonyl (C=O) groups is 1. The highest BCUT2D eigenvalue weighted by molar-refractivity contribution is 5.94. The van der Waals surface area contributed by atoms with E-state index in [-0.39, 0.29) is 17.7 Å². The first-order valence-electron chi connectivity index (χ1n) is 7.74. The van der Waals surface area contributed by atoms with Crippen LogP contribution in [-0.4, -0.2) is 61.5 Å². The monoisotopic (exact) mass is 315 g/mol. The molecule has 0 unspecified atom stereocenters. The molecule has 1 N–H and O–H groups in total. The van der Waals surface area contributed by atoms with Gasteiger partial charge < -0.3 is 14.6 Å². The first-order valence-corrected chi connectivity index (χ1v) is 7.74. The Morgan fingerprint density at radius 1 is 1.39 bits per heavy atom. The van der Waals surface area contributed by atoms with E-state index < -0.39 is 0 Å². The van der Waals surface area contributed by atoms with Crippen molar-refractivity contribution in [2.75, 3.05) is 26.2 Å². The number of hydrogen-bond donors (Lipinski definition) is 1. The van der Waals surface area contributed by atoms with Gasteiger partial charge in [0.25, 0.3) is 5.91 Å². The lowest BCUT2D eigenvalue weighted by Gasteiger charge is -2.40. The van der Waals surface area contributed by atoms with Crippen molar-refractivity contribution in [3.05, 3.63) is 42.2 Å². The normalized spacial score (nSPS) is 19.0. The maximum absolute atomic E-state index is 12.7. The molecule has 3 heterocycles. The zero-order valence-corrected chi connectivity index (χ0v) is 13.4. The van der Waals surface area contributed by atoms with Crippen LogP contribution in [-0.2, 0) is 7.05 Å². The van der Waals surface area contributed by atoms with Gasteiger partial charge in [-0.25, -0.2) is 4.98 Å². The van der Waals surface area contributed by atoms with E-state index in [2.05, 4.69) is 21.8 Å². The SMILES string of the molecule is CCN1CCN(C(=O)c2cncc(O)c2)C[C@H]1c1nccn1C. The Balaban J connectivity index is 1.83. The second kappa shape index (κ2) is 6.37. The van der Waals surface area contributed by atoms with Crippen molar-refractivity contribution in [2.45, 2.75) is 13.0 Å². The van der Waals surface area contributed by atoms with Crippen LogP contribution in [0.15, 0.2) is 30.9 Å². The fourth-order valence-electron chi connectivity index (χ4n) is 3.05. The van der Waals surface area contributed by atoms with Gasteiger partial charge >= 0.3 is 0 Å². The van der Waals surface area contributed by atoms with Gasteiger partial charge in [0, 0.05) is 45.3 Å². The molecule has 1 amide bonds. The first-order chi connectivity index (χ1) is 11.1. The largest absolute Gasteiger partial charge is 0.506 e. The quantitative estimate of drug-likeness (QED) is 0.916. The van der Waals surface area contributed by atoms with Crippen LogP contribution in [0.2, 0.25) is 0 Å². The number of likely N-dealkylation sites (N-methyl/N-ethyl adjacent to an activating group) is 1. The maximum atomic E-state index is 12.7. The number of imidazole rings is 1. The molecule has 0 spiro atoms. The van der Waals surface area contributed by atoms with Crippen LogP contribution < -0.4 is 0 Å². The summed E-state index contributed by atoms with van der Waals surface area (Å²) < 4.78 is 2.00. The average Bonchev–Trinajstić information content (AvgIpc) is 2.99. The standard InChI is InChI=1S/C16H21N5O2/c1-3-20-6-7-21(11-14(20)15-18-4-5-19(15)2)16(23)12-8-13(22)10-17-9-12/h4-5,8-10,14,22H,3,6-7,11H2,1-2H3/t14-/m0/s1. The number of aromatic hydroxyl groups is 1. The van der Waals surface area contributed by atoms with E-state index >= 15 is 0 Å². The Morgan fingerprint density at radius 3 is 2.87 bits per heavy atom. The second-order valence-corrected chi connectivity index (χ2v) is 5.72. The molecule has 122 valence electrons. The first kappa shape index (κ1) is 15.5. The third-order valence-electron chi connectivity index (χ3n) is 4.31. The lowest BCUT2D eigenvalue weighted by molar-refractivity contribution is 0.0472. The van der Waals surface area contributed by atoms with Crippen LogP contribution in [0.5, 0.6) is 5.75 Å². The minimum atomic E-state index is -0.108. The van der Waals surface area contributed by atoms with Crippen molar-refractivity contribution in [3.63, 3.8) is 0 Å². The number of rotatable bonds is 3. The number of amides is 1. The zero-order valence-electron chi connectivity index (χ0n) is 13.4. The van der Waals surface area contributed by atoms with Crippen molar-refractivity contribution in [1.82, 2.24) is 24.3 Å². The summed E-state index contributed by atoms with van der Waals surface area (Å²) in [7, 11) is 1.97. The lowest BCUT2D eigenvalue weighted by Crippen LogP contribution is -2.50. The summed E-state index contributed by atoms with van der Waals surface area (Å²) in [6.45, 7) is 5.06. The van der Waals surface area contributed by atoms with E-state index in [9.17, 15) is 9.90 Å². The van der Waals surface area contributed by atoms with E-state index in [1.807, 2.05) is 22.7 Å². The number of carbonyl (C=O) groups excluding carboxylic acids is 1. The van der Waals surface area contributed by atoms with Gasteiger partial charge in [0.1, 0.15) is 11.6 Å². The van der Waals surface area contributed by atoms with Crippen molar-refractivity contribution in [1.29, 1.82) is 0 Å². The Hall–Kier alpha value is -2.41. The third-order valence-corrected chi connectivity index (χ3v) is 4.31. The molecule has 0 radical (unpaired) electrons. The van der Waals surface area contributed by atoms with E-state index in [0.29, 0.717) is 18.7 Å². The highest BCUT2D eigenvalue weighted by Gasteiger charge is 2.32. The van der Waals surface area contributed by atoms with Gasteiger partial charge in [-0.15, -0.1) is 0 Å². The molecule has 2 aromatic heterocycles. The molecule has 3 rings (SSSR count). The Labute approximate surface area is 135 Å². The molecule has 7 nitrogen and oxygen atoms in total. The Kier molecular flexibility index (Phi) is 4.29. The van der Waals surface area contributed by atoms with E-state index in [1.165, 1.54) is 18.5 Å². The van der Waals surface area contributed by atoms with E-state index in [4.69, 9.17) is 0 Å². The summed E-state index contributed by atoms with van der Waals surface area (Å²) in [5, 5.41) is 9.52. The fourth-order valence-corrected chi connectivity index (χ4v) is 3.05. The molecule has 1 atom stereocenters. The topological polar surface area (TPSA) is 74.5 Å². The summed E-state index contributed by atoms with van der Waals surface area (Å²) in [4.78, 5) is 25.1. The molecular weight excluding hydrogens is 294 g/mol. The molecule has 0 saturated carbocycles. The lowest BCUT2D eigenvalue weighted by atomic mass is 10.1. The molecular formula is C16H21N5O2. The molecule has 23 heavy (non-hydrogen) atoms. The van der Waals surface area contributed by atoms with Crippen LogP contribution in [0, 0.1) is 0 Å². The molecule has 1 aliphatic rings. The van der Waals surface area contributed by atoms with E-state index in [0.717, 1.165) is 18.9 Å². The van der Waals surface area contributed by atoms with Crippen LogP contribution in [0.4, 0.5) is 0 Å². The van der Waals surface area contributed by atoms with Crippen molar-refractivity contribution < 1.29 is 9.90 Å². The van der Waals surface area contributed by atoms with Crippen molar-refractivity contribution in [3.8, 4) is 5.75 Å². The number of hydrogen-bond acceptors (Lipinski definition) is 5. The van der Waals surface area contributed by atoms with Gasteiger partial charge in [0.15, 0.2) is 0 Å². The van der Waals surface area contributed by atoms with Crippen LogP contribution in [0.25, 0.3) is 0 Å². The van der Waals surface area contributed by atoms with Gasteiger partial charge in [0.2, 0.25) is 0 Å². The summed E-state index contributed by atoms with van der Waals surface area (Å²) in [5.74, 6) is 0.852. The molecule has 1 fully saturated rings. The van der Waals surface area contributed by atoms with Crippen molar-refractivity contribution in [2.24, 2.45) is 7.05 Å². The van der Waals surface area contributed by atoms with Gasteiger partial charge in [-0.05, 0) is 12.6 Å². The van der Waals surface area contributed by atoms with Crippen molar-refractivity contribution >= 4 is 5.91 Å². The average molecular weight is 315 g/mol. The molecule has 0 bridgehead atoms. The summed E-state index contributed by atoms with van der Waals surface area (Å²) >= 11 is 0. The highest BCUT2D eigenvalue weighted by Crippen LogP contribution is 2.25. The molecule has 0 aliphatic carbocycles. The Bertz CT molecular complexity index is 699. The summed E-state index contributed by atoms with van der Waals surface area (Å²) in [6, 6.07) is 1.53. The fraction of sp³-hybridized carbons (Fsp3) is 0.438. The smallest absolute Gasteiger partial charge is 0.255 e. The maximum Gasteiger partial charge on any atom is 0.255 e. The van der Waals surface area contributed by atoms with Crippen LogP contribution in [0.3, 0.4) is 0 Å². The van der Waals surface area contributed by atoms with Crippen LogP contribution >= 0.6 is 0 Å². The zero-order chi connectivity index (χ0) is 16.4. The van der Waals surface area contributed by atoms with Gasteiger partial charge in [0.05, 0.1) is 17.8 Å². The minimum Gasteiger partial charge on any atom is -0.506 e. The predicted molar refractivity (Wildman–Crippen MR) is 85.0 cm³/mol. The van der Waals surface area contributed by atoms with Crippen LogP contribution in [0.1, 0.15) is 29.1 Å². The van der Waals surface area contributed by atoms with Gasteiger partial charge in [-0.2, -0.15) is 0 Å². The Morgan fingerprint density at radius 2 is 2.22 bits per heavy atom. The molecule has 1 aliphatic heterocycles. The molecule has 0 aromatic carbocycles. The third kappa shape index (κ3) is 3.05. The molecule has 7 heteroatoms. The second-order valence-electron chi connectivity index (χ2n) is 5.72. The minimum absolute atomic E-state index is 0.00342. The summed E-state index contributed by atoms with van der Waals surface area (Å²) in [5.41, 5.74) is 0.411. The number of nitrogens with zero attached hydrogens (tertiary/aromatic N) is 5. The van der Waals surface area contributed by atoms with Gasteiger partial charge in [-0.3, -0.25) is 14.7 Å². The number of aromatic nitrogens is 3. The highest BCUT2D eigenvalue weighted by atomic mass is 16.3. The molecule has 2 aromatic rings. The summed E-state index contributed by atoms with van der Waals surface area (Å²) in [6.07, 6.45) is 6.51. The number of piperazine rings is 1. The van der Waals surface area contributed by atoms with Gasteiger partial charge in [-0.1, -0.05) is 6.92 Å². The number of pyridine rings is 1.